The van der Waals surface area contributed by atoms with E-state index < -0.39 is 17.9 Å². The Labute approximate surface area is 126 Å². The minimum Gasteiger partial charge on any atom is -0.449 e. The third-order valence-corrected chi connectivity index (χ3v) is 2.65. The molecule has 9 heteroatoms. The third kappa shape index (κ3) is 4.01. The molecule has 0 unspecified atom stereocenters. The lowest BCUT2D eigenvalue weighted by Gasteiger charge is -2.10. The van der Waals surface area contributed by atoms with Gasteiger partial charge in [0.1, 0.15) is 16.5 Å². The zero-order valence-electron chi connectivity index (χ0n) is 10.6. The molecule has 0 aliphatic heterocycles. The topological polar surface area (TPSA) is 68.7 Å². The predicted octanol–water partition coefficient (Wildman–Crippen LogP) is 4.60. The van der Waals surface area contributed by atoms with E-state index in [-0.39, 0.29) is 22.4 Å². The summed E-state index contributed by atoms with van der Waals surface area (Å²) in [5.74, 6) is 0.0554. The molecule has 0 aliphatic rings. The second-order valence-electron chi connectivity index (χ2n) is 3.95. The molecule has 0 bridgehead atoms. The molecule has 1 heterocycles. The van der Waals surface area contributed by atoms with E-state index in [0.717, 1.165) is 0 Å². The number of alkyl halides is 3. The summed E-state index contributed by atoms with van der Waals surface area (Å²) in [7, 11) is 0. The van der Waals surface area contributed by atoms with Crippen molar-refractivity contribution >= 4 is 17.8 Å². The Morgan fingerprint density at radius 1 is 1.18 bits per heavy atom. The first-order chi connectivity index (χ1) is 10.3. The van der Waals surface area contributed by atoms with E-state index in [4.69, 9.17) is 21.4 Å². The first-order valence-corrected chi connectivity index (χ1v) is 6.05. The highest BCUT2D eigenvalue weighted by atomic mass is 35.5. The lowest BCUT2D eigenvalue weighted by atomic mass is 10.3. The molecule has 1 N–H and O–H groups in total. The van der Waals surface area contributed by atoms with Crippen LogP contribution in [0.25, 0.3) is 0 Å². The van der Waals surface area contributed by atoms with Gasteiger partial charge >= 0.3 is 12.3 Å². The molecule has 0 fully saturated rings. The number of pyridine rings is 1. The van der Waals surface area contributed by atoms with Gasteiger partial charge in [0, 0.05) is 6.20 Å². The van der Waals surface area contributed by atoms with Gasteiger partial charge in [0.2, 0.25) is 5.88 Å². The molecule has 0 atom stereocenters. The second-order valence-corrected chi connectivity index (χ2v) is 4.36. The zero-order valence-corrected chi connectivity index (χ0v) is 11.4. The smallest absolute Gasteiger partial charge is 0.449 e. The SMILES string of the molecule is O=C(O)Oc1ccc(Oc2ncc(C(F)(F)F)cc2Cl)cc1. The molecule has 116 valence electrons. The summed E-state index contributed by atoms with van der Waals surface area (Å²) >= 11 is 5.70. The molecular formula is C13H7ClF3NO4. The Balaban J connectivity index is 2.15. The standard InChI is InChI=1S/C13H7ClF3NO4/c14-10-5-7(13(15,16)17)6-18-11(10)21-8-1-3-9(4-2-8)22-12(19)20/h1-6H,(H,19,20). The summed E-state index contributed by atoms with van der Waals surface area (Å²) in [5, 5.41) is 8.12. The monoisotopic (exact) mass is 333 g/mol. The molecule has 0 saturated heterocycles. The highest BCUT2D eigenvalue weighted by molar-refractivity contribution is 6.31. The van der Waals surface area contributed by atoms with Gasteiger partial charge in [-0.15, -0.1) is 0 Å². The van der Waals surface area contributed by atoms with Crippen LogP contribution in [-0.2, 0) is 6.18 Å². The quantitative estimate of drug-likeness (QED) is 0.656. The molecule has 22 heavy (non-hydrogen) atoms. The molecule has 0 aliphatic carbocycles. The fourth-order valence-corrected chi connectivity index (χ4v) is 1.65. The van der Waals surface area contributed by atoms with Gasteiger partial charge in [-0.05, 0) is 30.3 Å². The number of halogens is 4. The number of carboxylic acid groups (broad SMARTS) is 1. The minimum absolute atomic E-state index is 0.0614. The van der Waals surface area contributed by atoms with Crippen LogP contribution >= 0.6 is 11.6 Å². The van der Waals surface area contributed by atoms with Crippen LogP contribution in [0.15, 0.2) is 36.5 Å². The Bertz CT molecular complexity index is 689. The summed E-state index contributed by atoms with van der Waals surface area (Å²) in [6, 6.07) is 6.02. The number of rotatable bonds is 3. The van der Waals surface area contributed by atoms with Crippen LogP contribution < -0.4 is 9.47 Å². The maximum absolute atomic E-state index is 12.5. The third-order valence-electron chi connectivity index (χ3n) is 2.38. The first kappa shape index (κ1) is 15.9. The van der Waals surface area contributed by atoms with Crippen LogP contribution in [0.4, 0.5) is 18.0 Å². The van der Waals surface area contributed by atoms with Crippen molar-refractivity contribution in [3.63, 3.8) is 0 Å². The number of benzene rings is 1. The molecule has 0 spiro atoms. The zero-order chi connectivity index (χ0) is 16.3. The van der Waals surface area contributed by atoms with Crippen molar-refractivity contribution in [3.05, 3.63) is 47.1 Å². The summed E-state index contributed by atoms with van der Waals surface area (Å²) in [5.41, 5.74) is -0.991. The second kappa shape index (κ2) is 6.10. The molecule has 2 rings (SSSR count). The molecule has 0 radical (unpaired) electrons. The Kier molecular flexibility index (Phi) is 4.41. The van der Waals surface area contributed by atoms with Crippen LogP contribution in [-0.4, -0.2) is 16.2 Å². The van der Waals surface area contributed by atoms with E-state index >= 15 is 0 Å². The van der Waals surface area contributed by atoms with Crippen molar-refractivity contribution in [2.75, 3.05) is 0 Å². The highest BCUT2D eigenvalue weighted by Crippen LogP contribution is 2.34. The Hall–Kier alpha value is -2.48. The van der Waals surface area contributed by atoms with Crippen LogP contribution in [0.2, 0.25) is 5.02 Å². The van der Waals surface area contributed by atoms with Gasteiger partial charge in [0.05, 0.1) is 5.56 Å². The Morgan fingerprint density at radius 2 is 1.77 bits per heavy atom. The molecule has 1 aromatic heterocycles. The van der Waals surface area contributed by atoms with Crippen molar-refractivity contribution in [1.29, 1.82) is 0 Å². The number of nitrogens with zero attached hydrogens (tertiary/aromatic N) is 1. The number of aromatic nitrogens is 1. The van der Waals surface area contributed by atoms with Gasteiger partial charge in [-0.3, -0.25) is 0 Å². The first-order valence-electron chi connectivity index (χ1n) is 5.67. The number of hydrogen-bond acceptors (Lipinski definition) is 4. The van der Waals surface area contributed by atoms with E-state index in [1.165, 1.54) is 24.3 Å². The van der Waals surface area contributed by atoms with Crippen molar-refractivity contribution in [2.45, 2.75) is 6.18 Å². The average Bonchev–Trinajstić information content (AvgIpc) is 2.41. The molecule has 2 aromatic rings. The van der Waals surface area contributed by atoms with Crippen molar-refractivity contribution in [1.82, 2.24) is 4.98 Å². The molecule has 0 saturated carbocycles. The highest BCUT2D eigenvalue weighted by Gasteiger charge is 2.31. The summed E-state index contributed by atoms with van der Waals surface area (Å²) in [6.45, 7) is 0. The van der Waals surface area contributed by atoms with Crippen LogP contribution in [0.1, 0.15) is 5.56 Å². The maximum atomic E-state index is 12.5. The van der Waals surface area contributed by atoms with Gasteiger partial charge in [-0.25, -0.2) is 9.78 Å². The van der Waals surface area contributed by atoms with Gasteiger partial charge in [-0.2, -0.15) is 13.2 Å². The molecule has 1 aromatic carbocycles. The lowest BCUT2D eigenvalue weighted by molar-refractivity contribution is -0.137. The van der Waals surface area contributed by atoms with Crippen molar-refractivity contribution in [3.8, 4) is 17.4 Å². The maximum Gasteiger partial charge on any atom is 0.511 e. The number of hydrogen-bond donors (Lipinski definition) is 1. The van der Waals surface area contributed by atoms with Crippen LogP contribution in [0.5, 0.6) is 17.4 Å². The lowest BCUT2D eigenvalue weighted by Crippen LogP contribution is -2.05. The molecule has 5 nitrogen and oxygen atoms in total. The van der Waals surface area contributed by atoms with Gasteiger partial charge in [-0.1, -0.05) is 11.6 Å². The number of carbonyl (C=O) groups is 1. The Morgan fingerprint density at radius 3 is 2.27 bits per heavy atom. The molecule has 0 amide bonds. The summed E-state index contributed by atoms with van der Waals surface area (Å²) < 4.78 is 47.0. The molecular weight excluding hydrogens is 327 g/mol. The largest absolute Gasteiger partial charge is 0.511 e. The van der Waals surface area contributed by atoms with Crippen LogP contribution in [0.3, 0.4) is 0 Å². The van der Waals surface area contributed by atoms with Crippen molar-refractivity contribution < 1.29 is 32.5 Å². The normalized spacial score (nSPS) is 11.1. The van der Waals surface area contributed by atoms with E-state index in [1.54, 1.807) is 0 Å². The number of ether oxygens (including phenoxy) is 2. The van der Waals surface area contributed by atoms with Crippen LogP contribution in [0, 0.1) is 0 Å². The fourth-order valence-electron chi connectivity index (χ4n) is 1.44. The summed E-state index contributed by atoms with van der Waals surface area (Å²) in [6.07, 6.45) is -5.42. The van der Waals surface area contributed by atoms with Gasteiger partial charge in [0.15, 0.2) is 0 Å². The van der Waals surface area contributed by atoms with E-state index in [1.807, 2.05) is 0 Å². The summed E-state index contributed by atoms with van der Waals surface area (Å²) in [4.78, 5) is 13.8. The van der Waals surface area contributed by atoms with Crippen molar-refractivity contribution in [2.24, 2.45) is 0 Å². The fraction of sp³-hybridized carbons (Fsp3) is 0.0769. The van der Waals surface area contributed by atoms with E-state index in [9.17, 15) is 18.0 Å². The average molecular weight is 334 g/mol. The van der Waals surface area contributed by atoms with Gasteiger partial charge in [0.25, 0.3) is 0 Å². The predicted molar refractivity (Wildman–Crippen MR) is 69.4 cm³/mol. The van der Waals surface area contributed by atoms with Gasteiger partial charge < -0.3 is 14.6 Å². The minimum atomic E-state index is -4.55. The van der Waals surface area contributed by atoms with E-state index in [2.05, 4.69) is 9.72 Å². The van der Waals surface area contributed by atoms with E-state index in [0.29, 0.717) is 12.3 Å².